The highest BCUT2D eigenvalue weighted by Crippen LogP contribution is 2.52. The second-order valence-electron chi connectivity index (χ2n) is 18.1. The number of rotatable bonds is 10. The Morgan fingerprint density at radius 2 is 0.985 bits per heavy atom. The third kappa shape index (κ3) is 5.83. The van der Waals surface area contributed by atoms with Crippen LogP contribution in [0.4, 0.5) is 11.4 Å². The van der Waals surface area contributed by atoms with Crippen LogP contribution in [0.3, 0.4) is 0 Å². The van der Waals surface area contributed by atoms with Crippen molar-refractivity contribution >= 4 is 71.3 Å². The summed E-state index contributed by atoms with van der Waals surface area (Å²) in [6.45, 7) is 21.7. The highest BCUT2D eigenvalue weighted by molar-refractivity contribution is 6.24. The zero-order valence-electron chi connectivity index (χ0n) is 37.2. The largest absolute Gasteiger partial charge is 0.311 e. The minimum absolute atomic E-state index is 0.271. The van der Waals surface area contributed by atoms with Gasteiger partial charge in [-0.15, -0.1) is 0 Å². The zero-order chi connectivity index (χ0) is 44.8. The number of allylic oxidation sites excluding steroid dienone is 7. The number of hydrogen-bond donors (Lipinski definition) is 0. The lowest BCUT2D eigenvalue weighted by Gasteiger charge is -2.28. The maximum Gasteiger partial charge on any atom is 0.0620 e. The number of aromatic nitrogens is 2. The molecule has 3 heterocycles. The topological polar surface area (TPSA) is 12.6 Å². The van der Waals surface area contributed by atoms with Crippen LogP contribution in [-0.2, 0) is 5.41 Å². The summed E-state index contributed by atoms with van der Waals surface area (Å²) in [5, 5.41) is 7.64. The second kappa shape index (κ2) is 14.8. The predicted molar refractivity (Wildman–Crippen MR) is 283 cm³/mol. The highest BCUT2D eigenvalue weighted by Gasteiger charge is 2.36. The van der Waals surface area contributed by atoms with Crippen molar-refractivity contribution < 1.29 is 0 Å². The van der Waals surface area contributed by atoms with Crippen molar-refractivity contribution in [1.29, 1.82) is 0 Å². The molecule has 8 aromatic carbocycles. The summed E-state index contributed by atoms with van der Waals surface area (Å²) >= 11 is 0. The first-order valence-corrected chi connectivity index (χ1v) is 22.6. The molecule has 0 aliphatic heterocycles. The summed E-state index contributed by atoms with van der Waals surface area (Å²) in [4.78, 5) is 2.25. The van der Waals surface area contributed by atoms with Crippen molar-refractivity contribution in [1.82, 2.24) is 8.97 Å². The molecule has 314 valence electrons. The van der Waals surface area contributed by atoms with Gasteiger partial charge in [0.25, 0.3) is 0 Å². The Balaban J connectivity index is 0.948. The van der Waals surface area contributed by atoms with Crippen molar-refractivity contribution in [2.45, 2.75) is 19.3 Å². The van der Waals surface area contributed by atoms with E-state index in [2.05, 4.69) is 224 Å². The Labute approximate surface area is 385 Å². The minimum atomic E-state index is -0.271. The highest BCUT2D eigenvalue weighted by atomic mass is 15.1. The molecule has 0 radical (unpaired) electrons. The fourth-order valence-electron chi connectivity index (χ4n) is 10.8. The Kier molecular flexibility index (Phi) is 8.81. The van der Waals surface area contributed by atoms with Crippen LogP contribution in [0, 0.1) is 0 Å². The molecular formula is C63H47N3. The predicted octanol–water partition coefficient (Wildman–Crippen LogP) is 17.0. The molecule has 0 spiro atoms. The summed E-state index contributed by atoms with van der Waals surface area (Å²) in [6, 6.07) is 62.5. The molecule has 0 amide bonds. The quantitative estimate of drug-likeness (QED) is 0.125. The summed E-state index contributed by atoms with van der Waals surface area (Å²) in [6.07, 6.45) is 9.57. The number of nitrogens with zero attached hydrogens (tertiary/aromatic N) is 3. The van der Waals surface area contributed by atoms with Gasteiger partial charge in [0, 0.05) is 60.5 Å². The van der Waals surface area contributed by atoms with Gasteiger partial charge in [-0.25, -0.2) is 0 Å². The molecule has 0 unspecified atom stereocenters. The third-order valence-corrected chi connectivity index (χ3v) is 14.0. The van der Waals surface area contributed by atoms with E-state index in [0.717, 1.165) is 33.9 Å². The van der Waals surface area contributed by atoms with E-state index < -0.39 is 0 Å². The van der Waals surface area contributed by atoms with E-state index >= 15 is 0 Å². The van der Waals surface area contributed by atoms with E-state index in [1.165, 1.54) is 93.3 Å². The lowest BCUT2D eigenvalue weighted by Crippen LogP contribution is -2.18. The van der Waals surface area contributed by atoms with Crippen LogP contribution in [0.5, 0.6) is 0 Å². The van der Waals surface area contributed by atoms with E-state index in [1.807, 2.05) is 24.3 Å². The normalized spacial score (nSPS) is 13.2. The zero-order valence-corrected chi connectivity index (χ0v) is 37.2. The van der Waals surface area contributed by atoms with Gasteiger partial charge in [-0.2, -0.15) is 0 Å². The van der Waals surface area contributed by atoms with Crippen molar-refractivity contribution in [2.24, 2.45) is 0 Å². The van der Waals surface area contributed by atoms with Crippen LogP contribution in [0.1, 0.15) is 25.0 Å². The van der Waals surface area contributed by atoms with E-state index in [9.17, 15) is 0 Å². The number of hydrogen-bond acceptors (Lipinski definition) is 1. The molecule has 0 fully saturated rings. The maximum atomic E-state index is 4.67. The molecule has 11 aromatic rings. The van der Waals surface area contributed by atoms with Crippen LogP contribution in [0.15, 0.2) is 243 Å². The third-order valence-electron chi connectivity index (χ3n) is 14.0. The van der Waals surface area contributed by atoms with Crippen molar-refractivity contribution in [3.63, 3.8) is 0 Å². The fourth-order valence-corrected chi connectivity index (χ4v) is 10.8. The van der Waals surface area contributed by atoms with Crippen molar-refractivity contribution in [3.8, 4) is 27.9 Å². The van der Waals surface area contributed by atoms with E-state index in [1.54, 1.807) is 6.08 Å². The van der Waals surface area contributed by atoms with E-state index in [4.69, 9.17) is 0 Å². The van der Waals surface area contributed by atoms with Gasteiger partial charge in [-0.05, 0) is 129 Å². The average molecular weight is 846 g/mol. The first-order valence-electron chi connectivity index (χ1n) is 22.6. The standard InChI is InChI=1S/C63H47N3/c1-7-8-17-40(2)41(3)26-27-42(4)64(45-29-31-46(32-30-45)65-58-22-13-9-18-50(58)51-19-10-14-23-59(51)65)47-33-35-49-48-34-28-43(38-56(48)63(5,6)57(49)39-47)44-36-54-52-20-11-15-24-60(52)66-61-25-16-12-21-53(61)55(37-44)62(54)66/h7-39H,1-4H2,5-6H3/b17-8-,27-26-. The summed E-state index contributed by atoms with van der Waals surface area (Å²) in [7, 11) is 0. The van der Waals surface area contributed by atoms with Gasteiger partial charge in [-0.3, -0.25) is 0 Å². The summed E-state index contributed by atoms with van der Waals surface area (Å²) < 4.78 is 4.80. The lowest BCUT2D eigenvalue weighted by molar-refractivity contribution is 0.660. The lowest BCUT2D eigenvalue weighted by atomic mass is 9.81. The molecule has 3 aromatic heterocycles. The summed E-state index contributed by atoms with van der Waals surface area (Å²) in [5.74, 6) is 0. The molecule has 0 atom stereocenters. The molecule has 12 rings (SSSR count). The van der Waals surface area contributed by atoms with Gasteiger partial charge in [0.1, 0.15) is 0 Å². The van der Waals surface area contributed by atoms with E-state index in [0.29, 0.717) is 0 Å². The SMILES string of the molecule is C=C/C=C\C(=C)C(=C)/C=C\C(=C)N(c1ccc(-n2c3ccccc3c3ccccc32)cc1)c1ccc2c(c1)C(C)(C)c1cc(-c3cc4c5ccccc5n5c6ccccc6c(c3)c45)ccc1-2. The van der Waals surface area contributed by atoms with Gasteiger partial charge in [0.05, 0.1) is 27.6 Å². The van der Waals surface area contributed by atoms with Gasteiger partial charge < -0.3 is 13.9 Å². The van der Waals surface area contributed by atoms with Crippen molar-refractivity contribution in [3.05, 3.63) is 255 Å². The molecule has 1 aliphatic carbocycles. The number of anilines is 2. The molecule has 0 saturated carbocycles. The first kappa shape index (κ1) is 39.2. The second-order valence-corrected chi connectivity index (χ2v) is 18.1. The Morgan fingerprint density at radius 1 is 0.485 bits per heavy atom. The monoisotopic (exact) mass is 845 g/mol. The van der Waals surface area contributed by atoms with Gasteiger partial charge in [0.15, 0.2) is 0 Å². The van der Waals surface area contributed by atoms with Gasteiger partial charge in [-0.1, -0.05) is 155 Å². The molecule has 3 nitrogen and oxygen atoms in total. The van der Waals surface area contributed by atoms with Gasteiger partial charge >= 0.3 is 0 Å². The van der Waals surface area contributed by atoms with Crippen LogP contribution < -0.4 is 4.90 Å². The van der Waals surface area contributed by atoms with Crippen LogP contribution in [-0.4, -0.2) is 8.97 Å². The molecule has 1 aliphatic rings. The molecule has 0 bridgehead atoms. The number of fused-ring (bicyclic) bond motifs is 12. The van der Waals surface area contributed by atoms with Crippen LogP contribution in [0.2, 0.25) is 0 Å². The van der Waals surface area contributed by atoms with Crippen molar-refractivity contribution in [2.75, 3.05) is 4.90 Å². The Hall–Kier alpha value is -8.40. The number of benzene rings is 8. The maximum absolute atomic E-state index is 4.67. The molecule has 0 saturated heterocycles. The molecule has 66 heavy (non-hydrogen) atoms. The fraction of sp³-hybridized carbons (Fsp3) is 0.0476. The van der Waals surface area contributed by atoms with Gasteiger partial charge in [0.2, 0.25) is 0 Å². The molecular weight excluding hydrogens is 799 g/mol. The first-order chi connectivity index (χ1) is 32.2. The number of para-hydroxylation sites is 4. The minimum Gasteiger partial charge on any atom is -0.311 e. The van der Waals surface area contributed by atoms with Crippen LogP contribution in [0.25, 0.3) is 87.8 Å². The summed E-state index contributed by atoms with van der Waals surface area (Å²) in [5.41, 5.74) is 19.1. The smallest absolute Gasteiger partial charge is 0.0620 e. The van der Waals surface area contributed by atoms with Crippen LogP contribution >= 0.6 is 0 Å². The molecule has 3 heteroatoms. The Morgan fingerprint density at radius 3 is 1.58 bits per heavy atom. The Bertz CT molecular complexity index is 3780. The average Bonchev–Trinajstić information content (AvgIpc) is 4.05. The van der Waals surface area contributed by atoms with E-state index in [-0.39, 0.29) is 5.41 Å². The molecule has 0 N–H and O–H groups in total.